The van der Waals surface area contributed by atoms with Gasteiger partial charge in [0.05, 0.1) is 6.54 Å². The quantitative estimate of drug-likeness (QED) is 0.745. The molecule has 96 valence electrons. The number of hydrogen-bond acceptors (Lipinski definition) is 3. The van der Waals surface area contributed by atoms with Crippen molar-refractivity contribution in [1.29, 1.82) is 0 Å². The standard InChI is InChI=1S/C11H23F2N3/c1-2-10(3-4-14)16-7-5-15(6-8-16)9-11(12)13/h10-11H,2-9,14H2,1H3. The average Bonchev–Trinajstić information content (AvgIpc) is 2.26. The van der Waals surface area contributed by atoms with E-state index in [4.69, 9.17) is 5.73 Å². The first-order valence-corrected chi connectivity index (χ1v) is 6.12. The van der Waals surface area contributed by atoms with Crippen molar-refractivity contribution >= 4 is 0 Å². The van der Waals surface area contributed by atoms with Gasteiger partial charge in [-0.05, 0) is 19.4 Å². The highest BCUT2D eigenvalue weighted by Crippen LogP contribution is 2.12. The summed E-state index contributed by atoms with van der Waals surface area (Å²) in [5.74, 6) is 0. The van der Waals surface area contributed by atoms with Crippen molar-refractivity contribution in [3.05, 3.63) is 0 Å². The maximum Gasteiger partial charge on any atom is 0.251 e. The Hall–Kier alpha value is -0.260. The fourth-order valence-electron chi connectivity index (χ4n) is 2.34. The molecule has 1 aliphatic rings. The third-order valence-electron chi connectivity index (χ3n) is 3.29. The van der Waals surface area contributed by atoms with Crippen molar-refractivity contribution in [1.82, 2.24) is 9.80 Å². The summed E-state index contributed by atoms with van der Waals surface area (Å²) < 4.78 is 24.4. The molecule has 16 heavy (non-hydrogen) atoms. The van der Waals surface area contributed by atoms with E-state index in [1.165, 1.54) is 0 Å². The summed E-state index contributed by atoms with van der Waals surface area (Å²) in [7, 11) is 0. The number of halogens is 2. The minimum absolute atomic E-state index is 0.0818. The molecule has 0 spiro atoms. The second kappa shape index (κ2) is 7.14. The normalized spacial score (nSPS) is 21.6. The highest BCUT2D eigenvalue weighted by atomic mass is 19.3. The molecular weight excluding hydrogens is 212 g/mol. The smallest absolute Gasteiger partial charge is 0.251 e. The Morgan fingerprint density at radius 2 is 1.81 bits per heavy atom. The molecule has 2 N–H and O–H groups in total. The molecule has 1 fully saturated rings. The van der Waals surface area contributed by atoms with Crippen LogP contribution in [-0.4, -0.2) is 61.5 Å². The second-order valence-electron chi connectivity index (χ2n) is 4.37. The molecule has 5 heteroatoms. The van der Waals surface area contributed by atoms with Crippen molar-refractivity contribution in [2.24, 2.45) is 5.73 Å². The third-order valence-corrected chi connectivity index (χ3v) is 3.29. The van der Waals surface area contributed by atoms with Crippen molar-refractivity contribution < 1.29 is 8.78 Å². The monoisotopic (exact) mass is 235 g/mol. The molecule has 1 atom stereocenters. The molecule has 0 bridgehead atoms. The van der Waals surface area contributed by atoms with Crippen LogP contribution in [-0.2, 0) is 0 Å². The van der Waals surface area contributed by atoms with Crippen LogP contribution in [0.25, 0.3) is 0 Å². The highest BCUT2D eigenvalue weighted by molar-refractivity contribution is 4.78. The van der Waals surface area contributed by atoms with Crippen LogP contribution in [0.3, 0.4) is 0 Å². The Balaban J connectivity index is 2.29. The molecule has 0 amide bonds. The Morgan fingerprint density at radius 1 is 1.19 bits per heavy atom. The lowest BCUT2D eigenvalue weighted by Gasteiger charge is -2.38. The van der Waals surface area contributed by atoms with Crippen LogP contribution in [0.5, 0.6) is 0 Å². The average molecular weight is 235 g/mol. The molecule has 0 aromatic heterocycles. The fraction of sp³-hybridized carbons (Fsp3) is 1.00. The van der Waals surface area contributed by atoms with Gasteiger partial charge in [-0.3, -0.25) is 9.80 Å². The number of alkyl halides is 2. The van der Waals surface area contributed by atoms with Crippen molar-refractivity contribution in [3.8, 4) is 0 Å². The van der Waals surface area contributed by atoms with Crippen molar-refractivity contribution in [3.63, 3.8) is 0 Å². The minimum Gasteiger partial charge on any atom is -0.330 e. The van der Waals surface area contributed by atoms with E-state index in [2.05, 4.69) is 11.8 Å². The number of nitrogens with two attached hydrogens (primary N) is 1. The van der Waals surface area contributed by atoms with Crippen LogP contribution in [0.15, 0.2) is 0 Å². The third kappa shape index (κ3) is 4.31. The van der Waals surface area contributed by atoms with E-state index in [1.807, 2.05) is 4.90 Å². The summed E-state index contributed by atoms with van der Waals surface area (Å²) in [6, 6.07) is 0.527. The van der Waals surface area contributed by atoms with Gasteiger partial charge in [0.25, 0.3) is 6.43 Å². The molecule has 1 rings (SSSR count). The number of nitrogens with zero attached hydrogens (tertiary/aromatic N) is 2. The van der Waals surface area contributed by atoms with Gasteiger partial charge >= 0.3 is 0 Å². The second-order valence-corrected chi connectivity index (χ2v) is 4.37. The Morgan fingerprint density at radius 3 is 2.25 bits per heavy atom. The van der Waals surface area contributed by atoms with E-state index >= 15 is 0 Å². The Kier molecular flexibility index (Phi) is 6.16. The maximum atomic E-state index is 12.2. The lowest BCUT2D eigenvalue weighted by atomic mass is 10.1. The van der Waals surface area contributed by atoms with Gasteiger partial charge in [0, 0.05) is 32.2 Å². The van der Waals surface area contributed by atoms with Crippen LogP contribution in [0.2, 0.25) is 0 Å². The Labute approximate surface area is 96.6 Å². The lowest BCUT2D eigenvalue weighted by molar-refractivity contribution is 0.0416. The predicted octanol–water partition coefficient (Wildman–Crippen LogP) is 0.996. The number of rotatable bonds is 6. The minimum atomic E-state index is -2.21. The molecule has 1 saturated heterocycles. The fourth-order valence-corrected chi connectivity index (χ4v) is 2.34. The van der Waals surface area contributed by atoms with Crippen LogP contribution in [0, 0.1) is 0 Å². The van der Waals surface area contributed by atoms with Gasteiger partial charge in [-0.2, -0.15) is 0 Å². The van der Waals surface area contributed by atoms with E-state index in [-0.39, 0.29) is 6.54 Å². The topological polar surface area (TPSA) is 32.5 Å². The summed E-state index contributed by atoms with van der Waals surface area (Å²) in [5, 5.41) is 0. The zero-order chi connectivity index (χ0) is 12.0. The molecular formula is C11H23F2N3. The van der Waals surface area contributed by atoms with Crippen molar-refractivity contribution in [2.45, 2.75) is 32.2 Å². The first kappa shape index (κ1) is 13.8. The Bertz CT molecular complexity index is 182. The molecule has 0 aliphatic carbocycles. The summed E-state index contributed by atoms with van der Waals surface area (Å²) in [4.78, 5) is 4.23. The first-order chi connectivity index (χ1) is 7.67. The first-order valence-electron chi connectivity index (χ1n) is 6.12. The van der Waals surface area contributed by atoms with Gasteiger partial charge in [0.15, 0.2) is 0 Å². The van der Waals surface area contributed by atoms with Crippen LogP contribution in [0.1, 0.15) is 19.8 Å². The van der Waals surface area contributed by atoms with E-state index in [0.29, 0.717) is 12.6 Å². The molecule has 3 nitrogen and oxygen atoms in total. The van der Waals surface area contributed by atoms with Gasteiger partial charge in [-0.25, -0.2) is 8.78 Å². The maximum absolute atomic E-state index is 12.2. The highest BCUT2D eigenvalue weighted by Gasteiger charge is 2.23. The zero-order valence-electron chi connectivity index (χ0n) is 10.0. The van der Waals surface area contributed by atoms with Crippen LogP contribution in [0.4, 0.5) is 8.78 Å². The van der Waals surface area contributed by atoms with Crippen molar-refractivity contribution in [2.75, 3.05) is 39.3 Å². The van der Waals surface area contributed by atoms with Gasteiger partial charge < -0.3 is 5.73 Å². The van der Waals surface area contributed by atoms with Gasteiger partial charge in [0.2, 0.25) is 0 Å². The van der Waals surface area contributed by atoms with E-state index < -0.39 is 6.43 Å². The van der Waals surface area contributed by atoms with Crippen LogP contribution >= 0.6 is 0 Å². The summed E-state index contributed by atoms with van der Waals surface area (Å²) in [6.45, 7) is 6.08. The van der Waals surface area contributed by atoms with Gasteiger partial charge in [-0.1, -0.05) is 6.92 Å². The van der Waals surface area contributed by atoms with Gasteiger partial charge in [-0.15, -0.1) is 0 Å². The summed E-state index contributed by atoms with van der Waals surface area (Å²) >= 11 is 0. The van der Waals surface area contributed by atoms with Gasteiger partial charge in [0.1, 0.15) is 0 Å². The predicted molar refractivity (Wildman–Crippen MR) is 61.8 cm³/mol. The number of piperazine rings is 1. The summed E-state index contributed by atoms with van der Waals surface area (Å²) in [6.07, 6.45) is -0.116. The molecule has 1 aliphatic heterocycles. The summed E-state index contributed by atoms with van der Waals surface area (Å²) in [5.41, 5.74) is 5.57. The molecule has 0 aromatic rings. The zero-order valence-corrected chi connectivity index (χ0v) is 10.0. The molecule has 1 heterocycles. The van der Waals surface area contributed by atoms with E-state index in [0.717, 1.165) is 39.0 Å². The van der Waals surface area contributed by atoms with E-state index in [9.17, 15) is 8.78 Å². The molecule has 0 radical (unpaired) electrons. The van der Waals surface area contributed by atoms with E-state index in [1.54, 1.807) is 0 Å². The lowest BCUT2D eigenvalue weighted by Crippen LogP contribution is -2.51. The van der Waals surface area contributed by atoms with Crippen LogP contribution < -0.4 is 5.73 Å². The molecule has 1 unspecified atom stereocenters. The number of hydrogen-bond donors (Lipinski definition) is 1. The largest absolute Gasteiger partial charge is 0.330 e. The molecule has 0 saturated carbocycles. The molecule has 0 aromatic carbocycles. The SMILES string of the molecule is CCC(CCN)N1CCN(CC(F)F)CC1.